The molecule has 0 radical (unpaired) electrons. The molecule has 0 aliphatic carbocycles. The maximum absolute atomic E-state index is 13.9. The summed E-state index contributed by atoms with van der Waals surface area (Å²) in [6.07, 6.45) is 2.00. The van der Waals surface area contributed by atoms with Crippen molar-refractivity contribution in [3.8, 4) is 50.5 Å². The van der Waals surface area contributed by atoms with Gasteiger partial charge in [-0.1, -0.05) is 133 Å². The first kappa shape index (κ1) is 28.0. The van der Waals surface area contributed by atoms with Gasteiger partial charge >= 0.3 is 0 Å². The lowest BCUT2D eigenvalue weighted by Gasteiger charge is -2.08. The highest BCUT2D eigenvalue weighted by molar-refractivity contribution is 6.17. The molecule has 8 aromatic rings. The van der Waals surface area contributed by atoms with Crippen molar-refractivity contribution in [1.29, 1.82) is 0 Å². The zero-order valence-electron chi connectivity index (χ0n) is 25.2. The Labute approximate surface area is 271 Å². The van der Waals surface area contributed by atoms with Crippen molar-refractivity contribution in [2.45, 2.75) is 0 Å². The summed E-state index contributed by atoms with van der Waals surface area (Å²) in [7, 11) is 0. The minimum absolute atomic E-state index is 0.0585. The fraction of sp³-hybridized carbons (Fsp3) is 0. The quantitative estimate of drug-likeness (QED) is 0.182. The number of anilines is 1. The van der Waals surface area contributed by atoms with E-state index >= 15 is 0 Å². The number of nitrogens with zero attached hydrogens (tertiary/aromatic N) is 3. The molecule has 0 aliphatic heterocycles. The predicted molar refractivity (Wildman–Crippen MR) is 187 cm³/mol. The maximum Gasteiger partial charge on any atom is 0.230 e. The SMILES string of the molecule is Nc1c(C(=O)c2ccc(-c3ccccc3)cc2)oc2nc(-c3ccccc3)cc(-c3cn(-c4ccccc4)nc3-c3ccccc3)c12. The van der Waals surface area contributed by atoms with Crippen LogP contribution in [0.25, 0.3) is 61.6 Å². The molecule has 6 nitrogen and oxygen atoms in total. The van der Waals surface area contributed by atoms with E-state index in [0.717, 1.165) is 44.8 Å². The number of para-hydroxylation sites is 1. The Hall–Kier alpha value is -6.53. The van der Waals surface area contributed by atoms with Crippen LogP contribution in [-0.2, 0) is 0 Å². The van der Waals surface area contributed by atoms with E-state index in [0.29, 0.717) is 16.6 Å². The molecule has 0 saturated heterocycles. The number of fused-ring (bicyclic) bond motifs is 1. The zero-order valence-corrected chi connectivity index (χ0v) is 25.2. The second-order valence-corrected chi connectivity index (χ2v) is 11.3. The van der Waals surface area contributed by atoms with E-state index in [9.17, 15) is 4.79 Å². The molecular weight excluding hydrogens is 580 g/mol. The molecule has 0 spiro atoms. The van der Waals surface area contributed by atoms with Gasteiger partial charge in [-0.05, 0) is 29.3 Å². The van der Waals surface area contributed by atoms with Gasteiger partial charge in [-0.3, -0.25) is 4.79 Å². The summed E-state index contributed by atoms with van der Waals surface area (Å²) in [6.45, 7) is 0. The highest BCUT2D eigenvalue weighted by Crippen LogP contribution is 2.42. The van der Waals surface area contributed by atoms with Crippen molar-refractivity contribution in [1.82, 2.24) is 14.8 Å². The molecule has 47 heavy (non-hydrogen) atoms. The smallest absolute Gasteiger partial charge is 0.230 e. The number of ketones is 1. The Morgan fingerprint density at radius 1 is 0.617 bits per heavy atom. The topological polar surface area (TPSA) is 86.9 Å². The number of nitrogens with two attached hydrogens (primary N) is 1. The second kappa shape index (κ2) is 11.8. The van der Waals surface area contributed by atoms with Gasteiger partial charge in [-0.25, -0.2) is 9.67 Å². The number of hydrogen-bond acceptors (Lipinski definition) is 5. The molecule has 224 valence electrons. The summed E-state index contributed by atoms with van der Waals surface area (Å²) in [5.74, 6) is -0.251. The van der Waals surface area contributed by atoms with Crippen LogP contribution in [0, 0.1) is 0 Å². The van der Waals surface area contributed by atoms with Crippen molar-refractivity contribution in [3.63, 3.8) is 0 Å². The molecule has 3 heterocycles. The number of carbonyl (C=O) groups is 1. The first-order valence-corrected chi connectivity index (χ1v) is 15.3. The Morgan fingerprint density at radius 2 is 1.17 bits per heavy atom. The Balaban J connectivity index is 1.32. The lowest BCUT2D eigenvalue weighted by atomic mass is 9.96. The Morgan fingerprint density at radius 3 is 1.81 bits per heavy atom. The molecule has 6 heteroatoms. The van der Waals surface area contributed by atoms with Crippen LogP contribution in [0.3, 0.4) is 0 Å². The van der Waals surface area contributed by atoms with E-state index in [4.69, 9.17) is 20.2 Å². The number of benzene rings is 5. The predicted octanol–water partition coefficient (Wildman–Crippen LogP) is 9.49. The third-order valence-electron chi connectivity index (χ3n) is 8.30. The molecule has 5 aromatic carbocycles. The Kier molecular flexibility index (Phi) is 7.00. The minimum Gasteiger partial charge on any atom is -0.432 e. The Bertz CT molecular complexity index is 2340. The zero-order chi connectivity index (χ0) is 31.7. The summed E-state index contributed by atoms with van der Waals surface area (Å²) < 4.78 is 8.14. The van der Waals surface area contributed by atoms with Crippen LogP contribution in [0.2, 0.25) is 0 Å². The molecule has 0 amide bonds. The largest absolute Gasteiger partial charge is 0.432 e. The van der Waals surface area contributed by atoms with Crippen molar-refractivity contribution in [2.75, 3.05) is 5.73 Å². The monoisotopic (exact) mass is 608 g/mol. The minimum atomic E-state index is -0.310. The number of nitrogen functional groups attached to an aromatic ring is 1. The summed E-state index contributed by atoms with van der Waals surface area (Å²) in [5.41, 5.74) is 15.8. The number of aromatic nitrogens is 3. The molecular formula is C41H28N4O2. The van der Waals surface area contributed by atoms with E-state index in [-0.39, 0.29) is 22.9 Å². The normalized spacial score (nSPS) is 11.1. The standard InChI is InChI=1S/C41H28N4O2/c42-37-36-33(34-26-45(32-19-11-4-12-20-32)44-38(34)30-17-9-3-10-18-30)25-35(29-15-7-2-8-16-29)43-41(36)47-40(37)39(46)31-23-21-28(22-24-31)27-13-5-1-6-14-27/h1-26H,42H2. The van der Waals surface area contributed by atoms with Gasteiger partial charge in [0.05, 0.1) is 22.5 Å². The van der Waals surface area contributed by atoms with Crippen molar-refractivity contribution in [3.05, 3.63) is 169 Å². The van der Waals surface area contributed by atoms with Gasteiger partial charge in [-0.15, -0.1) is 0 Å². The number of carbonyl (C=O) groups excluding carboxylic acids is 1. The fourth-order valence-corrected chi connectivity index (χ4v) is 5.93. The van der Waals surface area contributed by atoms with Gasteiger partial charge in [0.25, 0.3) is 0 Å². The van der Waals surface area contributed by atoms with Crippen LogP contribution in [0.4, 0.5) is 5.69 Å². The van der Waals surface area contributed by atoms with E-state index in [1.54, 1.807) is 12.1 Å². The van der Waals surface area contributed by atoms with E-state index in [1.807, 2.05) is 150 Å². The number of furan rings is 1. The van der Waals surface area contributed by atoms with Crippen LogP contribution >= 0.6 is 0 Å². The third-order valence-corrected chi connectivity index (χ3v) is 8.30. The van der Waals surface area contributed by atoms with Crippen molar-refractivity contribution in [2.24, 2.45) is 0 Å². The molecule has 3 aromatic heterocycles. The summed E-state index contributed by atoms with van der Waals surface area (Å²) in [6, 6.07) is 49.4. The van der Waals surface area contributed by atoms with Gasteiger partial charge in [0.15, 0.2) is 0 Å². The average molecular weight is 609 g/mol. The first-order valence-electron chi connectivity index (χ1n) is 15.3. The molecule has 2 N–H and O–H groups in total. The maximum atomic E-state index is 13.9. The van der Waals surface area contributed by atoms with Crippen molar-refractivity contribution >= 4 is 22.6 Å². The lowest BCUT2D eigenvalue weighted by Crippen LogP contribution is -2.03. The number of rotatable bonds is 7. The van der Waals surface area contributed by atoms with Crippen LogP contribution in [0.15, 0.2) is 162 Å². The second-order valence-electron chi connectivity index (χ2n) is 11.3. The highest BCUT2D eigenvalue weighted by atomic mass is 16.4. The van der Waals surface area contributed by atoms with Gasteiger partial charge in [-0.2, -0.15) is 5.10 Å². The summed E-state index contributed by atoms with van der Waals surface area (Å²) in [4.78, 5) is 18.8. The lowest BCUT2D eigenvalue weighted by molar-refractivity contribution is 0.101. The van der Waals surface area contributed by atoms with Crippen molar-refractivity contribution < 1.29 is 9.21 Å². The summed E-state index contributed by atoms with van der Waals surface area (Å²) >= 11 is 0. The molecule has 0 unspecified atom stereocenters. The molecule has 0 bridgehead atoms. The number of pyridine rings is 1. The molecule has 0 aliphatic rings. The van der Waals surface area contributed by atoms with E-state index in [1.165, 1.54) is 0 Å². The van der Waals surface area contributed by atoms with E-state index < -0.39 is 0 Å². The van der Waals surface area contributed by atoms with Crippen LogP contribution in [-0.4, -0.2) is 20.5 Å². The summed E-state index contributed by atoms with van der Waals surface area (Å²) in [5, 5.41) is 5.61. The highest BCUT2D eigenvalue weighted by Gasteiger charge is 2.27. The van der Waals surface area contributed by atoms with Gasteiger partial charge in [0, 0.05) is 34.0 Å². The molecule has 0 saturated carbocycles. The average Bonchev–Trinajstić information content (AvgIpc) is 3.74. The van der Waals surface area contributed by atoms with E-state index in [2.05, 4.69) is 0 Å². The fourth-order valence-electron chi connectivity index (χ4n) is 5.93. The van der Waals surface area contributed by atoms with Crippen LogP contribution in [0.1, 0.15) is 16.1 Å². The van der Waals surface area contributed by atoms with Gasteiger partial charge in [0.2, 0.25) is 17.3 Å². The van der Waals surface area contributed by atoms with Gasteiger partial charge in [0.1, 0.15) is 5.69 Å². The third kappa shape index (κ3) is 5.18. The van der Waals surface area contributed by atoms with Crippen LogP contribution in [0.5, 0.6) is 0 Å². The number of hydrogen-bond donors (Lipinski definition) is 1. The first-order chi connectivity index (χ1) is 23.1. The molecule has 8 rings (SSSR count). The molecule has 0 atom stereocenters. The van der Waals surface area contributed by atoms with Gasteiger partial charge < -0.3 is 10.2 Å². The van der Waals surface area contributed by atoms with Crippen LogP contribution < -0.4 is 5.73 Å². The molecule has 0 fully saturated rings.